The van der Waals surface area contributed by atoms with Crippen LogP contribution in [-0.2, 0) is 6.42 Å². The molecule has 2 rings (SSSR count). The number of aromatic carboxylic acids is 1. The maximum absolute atomic E-state index is 12.4. The lowest BCUT2D eigenvalue weighted by Gasteiger charge is -2.11. The highest BCUT2D eigenvalue weighted by Crippen LogP contribution is 2.22. The summed E-state index contributed by atoms with van der Waals surface area (Å²) in [6, 6.07) is 4.87. The molecule has 5 nitrogen and oxygen atoms in total. The number of anilines is 1. The molecule has 0 spiro atoms. The summed E-state index contributed by atoms with van der Waals surface area (Å²) < 4.78 is 5.32. The van der Waals surface area contributed by atoms with E-state index in [-0.39, 0.29) is 11.5 Å². The Hall–Kier alpha value is -2.56. The van der Waals surface area contributed by atoms with Gasteiger partial charge in [0, 0.05) is 12.1 Å². The van der Waals surface area contributed by atoms with Crippen LogP contribution in [0.4, 0.5) is 5.69 Å². The number of furan rings is 1. The van der Waals surface area contributed by atoms with Crippen molar-refractivity contribution in [3.05, 3.63) is 52.5 Å². The van der Waals surface area contributed by atoms with Crippen molar-refractivity contribution in [3.63, 3.8) is 0 Å². The SMILES string of the molecule is CCCc1occc1C(=O)Nc1cc(C(=O)O)c(C)cc1C. The summed E-state index contributed by atoms with van der Waals surface area (Å²) in [5, 5.41) is 12.0. The van der Waals surface area contributed by atoms with Crippen LogP contribution in [0.25, 0.3) is 0 Å². The van der Waals surface area contributed by atoms with Crippen molar-refractivity contribution in [3.8, 4) is 0 Å². The largest absolute Gasteiger partial charge is 0.478 e. The maximum atomic E-state index is 12.4. The van der Waals surface area contributed by atoms with Crippen molar-refractivity contribution in [1.82, 2.24) is 0 Å². The van der Waals surface area contributed by atoms with Crippen molar-refractivity contribution in [1.29, 1.82) is 0 Å². The molecule has 0 unspecified atom stereocenters. The Morgan fingerprint density at radius 2 is 1.91 bits per heavy atom. The van der Waals surface area contributed by atoms with Gasteiger partial charge in [0.05, 0.1) is 17.4 Å². The van der Waals surface area contributed by atoms with Crippen LogP contribution in [0.3, 0.4) is 0 Å². The van der Waals surface area contributed by atoms with Gasteiger partial charge >= 0.3 is 5.97 Å². The molecule has 1 aromatic heterocycles. The quantitative estimate of drug-likeness (QED) is 0.880. The molecule has 0 fully saturated rings. The number of amides is 1. The second kappa shape index (κ2) is 6.47. The Labute approximate surface area is 129 Å². The van der Waals surface area contributed by atoms with Crippen molar-refractivity contribution in [2.24, 2.45) is 0 Å². The average molecular weight is 301 g/mol. The number of hydrogen-bond donors (Lipinski definition) is 2. The van der Waals surface area contributed by atoms with Gasteiger partial charge in [-0.2, -0.15) is 0 Å². The minimum absolute atomic E-state index is 0.182. The summed E-state index contributed by atoms with van der Waals surface area (Å²) in [5.41, 5.74) is 2.64. The predicted molar refractivity (Wildman–Crippen MR) is 83.5 cm³/mol. The predicted octanol–water partition coefficient (Wildman–Crippen LogP) is 3.80. The molecule has 5 heteroatoms. The van der Waals surface area contributed by atoms with Crippen LogP contribution in [0.2, 0.25) is 0 Å². The maximum Gasteiger partial charge on any atom is 0.336 e. The van der Waals surface area contributed by atoms with Gasteiger partial charge in [-0.15, -0.1) is 0 Å². The zero-order valence-corrected chi connectivity index (χ0v) is 12.9. The lowest BCUT2D eigenvalue weighted by Crippen LogP contribution is -2.15. The molecule has 0 aliphatic carbocycles. The molecular weight excluding hydrogens is 282 g/mol. The monoisotopic (exact) mass is 301 g/mol. The molecule has 0 saturated carbocycles. The van der Waals surface area contributed by atoms with Gasteiger partial charge in [-0.25, -0.2) is 4.79 Å². The molecule has 0 saturated heterocycles. The van der Waals surface area contributed by atoms with Crippen LogP contribution < -0.4 is 5.32 Å². The molecule has 0 atom stereocenters. The Morgan fingerprint density at radius 3 is 2.55 bits per heavy atom. The molecule has 22 heavy (non-hydrogen) atoms. The van der Waals surface area contributed by atoms with E-state index >= 15 is 0 Å². The summed E-state index contributed by atoms with van der Waals surface area (Å²) in [6.07, 6.45) is 3.05. The van der Waals surface area contributed by atoms with Crippen molar-refractivity contribution < 1.29 is 19.1 Å². The minimum Gasteiger partial charge on any atom is -0.478 e. The highest BCUT2D eigenvalue weighted by molar-refractivity contribution is 6.06. The molecule has 0 aliphatic heterocycles. The lowest BCUT2D eigenvalue weighted by atomic mass is 10.0. The number of benzene rings is 1. The van der Waals surface area contributed by atoms with Crippen molar-refractivity contribution in [2.45, 2.75) is 33.6 Å². The van der Waals surface area contributed by atoms with Crippen LogP contribution >= 0.6 is 0 Å². The summed E-state index contributed by atoms with van der Waals surface area (Å²) in [5.74, 6) is -0.660. The first-order valence-electron chi connectivity index (χ1n) is 7.16. The van der Waals surface area contributed by atoms with Crippen LogP contribution in [0.5, 0.6) is 0 Å². The lowest BCUT2D eigenvalue weighted by molar-refractivity contribution is 0.0695. The fourth-order valence-corrected chi connectivity index (χ4v) is 2.37. The second-order valence-corrected chi connectivity index (χ2v) is 5.25. The third-order valence-electron chi connectivity index (χ3n) is 3.52. The number of carbonyl (C=O) groups excluding carboxylic acids is 1. The molecule has 1 amide bonds. The fraction of sp³-hybridized carbons (Fsp3) is 0.294. The van der Waals surface area contributed by atoms with E-state index in [0.29, 0.717) is 29.0 Å². The van der Waals surface area contributed by atoms with E-state index in [4.69, 9.17) is 4.42 Å². The average Bonchev–Trinajstić information content (AvgIpc) is 2.90. The Bertz CT molecular complexity index is 715. The van der Waals surface area contributed by atoms with E-state index in [1.807, 2.05) is 13.8 Å². The van der Waals surface area contributed by atoms with E-state index in [2.05, 4.69) is 5.32 Å². The van der Waals surface area contributed by atoms with Crippen molar-refractivity contribution in [2.75, 3.05) is 5.32 Å². The molecule has 0 aliphatic rings. The van der Waals surface area contributed by atoms with Gasteiger partial charge in [0.1, 0.15) is 5.76 Å². The van der Waals surface area contributed by atoms with Crippen LogP contribution in [-0.4, -0.2) is 17.0 Å². The van der Waals surface area contributed by atoms with Crippen LogP contribution in [0, 0.1) is 13.8 Å². The molecule has 1 aromatic carbocycles. The zero-order valence-electron chi connectivity index (χ0n) is 12.9. The van der Waals surface area contributed by atoms with E-state index in [1.165, 1.54) is 12.3 Å². The fourth-order valence-electron chi connectivity index (χ4n) is 2.37. The molecular formula is C17H19NO4. The third kappa shape index (κ3) is 3.19. The van der Waals surface area contributed by atoms with E-state index in [9.17, 15) is 14.7 Å². The number of carboxylic acid groups (broad SMARTS) is 1. The Balaban J connectivity index is 2.30. The van der Waals surface area contributed by atoms with Crippen molar-refractivity contribution >= 4 is 17.6 Å². The van der Waals surface area contributed by atoms with Gasteiger partial charge < -0.3 is 14.8 Å². The number of aryl methyl sites for hydroxylation is 3. The molecule has 116 valence electrons. The molecule has 2 N–H and O–H groups in total. The Morgan fingerprint density at radius 1 is 1.18 bits per heavy atom. The minimum atomic E-state index is -1.01. The van der Waals surface area contributed by atoms with Gasteiger partial charge in [-0.05, 0) is 43.5 Å². The number of rotatable bonds is 5. The summed E-state index contributed by atoms with van der Waals surface area (Å²) in [7, 11) is 0. The smallest absolute Gasteiger partial charge is 0.336 e. The molecule has 0 radical (unpaired) electrons. The summed E-state index contributed by atoms with van der Waals surface area (Å²) >= 11 is 0. The van der Waals surface area contributed by atoms with E-state index in [1.54, 1.807) is 19.1 Å². The zero-order chi connectivity index (χ0) is 16.3. The second-order valence-electron chi connectivity index (χ2n) is 5.25. The highest BCUT2D eigenvalue weighted by atomic mass is 16.4. The normalized spacial score (nSPS) is 10.5. The van der Waals surface area contributed by atoms with Gasteiger partial charge in [0.2, 0.25) is 0 Å². The first-order chi connectivity index (χ1) is 10.4. The molecule has 0 bridgehead atoms. The number of nitrogens with one attached hydrogen (secondary N) is 1. The van der Waals surface area contributed by atoms with Gasteiger partial charge in [-0.3, -0.25) is 4.79 Å². The highest BCUT2D eigenvalue weighted by Gasteiger charge is 2.17. The molecule has 2 aromatic rings. The van der Waals surface area contributed by atoms with E-state index in [0.717, 1.165) is 12.0 Å². The van der Waals surface area contributed by atoms with Crippen LogP contribution in [0.1, 0.15) is 50.9 Å². The number of carboxylic acids is 1. The standard InChI is InChI=1S/C17H19NO4/c1-4-5-15-12(6-7-22-15)16(19)18-14-9-13(17(20)21)10(2)8-11(14)3/h6-9H,4-5H2,1-3H3,(H,18,19)(H,20,21). The third-order valence-corrected chi connectivity index (χ3v) is 3.52. The topological polar surface area (TPSA) is 79.5 Å². The molecule has 1 heterocycles. The van der Waals surface area contributed by atoms with E-state index < -0.39 is 5.97 Å². The number of carbonyl (C=O) groups is 2. The summed E-state index contributed by atoms with van der Waals surface area (Å²) in [6.45, 7) is 5.57. The van der Waals surface area contributed by atoms with Gasteiger partial charge in [-0.1, -0.05) is 13.0 Å². The van der Waals surface area contributed by atoms with Gasteiger partial charge in [0.15, 0.2) is 0 Å². The first-order valence-corrected chi connectivity index (χ1v) is 7.16. The number of hydrogen-bond acceptors (Lipinski definition) is 3. The Kier molecular flexibility index (Phi) is 4.65. The first kappa shape index (κ1) is 15.8. The van der Waals surface area contributed by atoms with Gasteiger partial charge in [0.25, 0.3) is 5.91 Å². The summed E-state index contributed by atoms with van der Waals surface area (Å²) in [4.78, 5) is 23.6. The van der Waals surface area contributed by atoms with Crippen LogP contribution in [0.15, 0.2) is 28.9 Å².